The van der Waals surface area contributed by atoms with Crippen LogP contribution in [0.25, 0.3) is 10.9 Å². The molecule has 7 heteroatoms. The van der Waals surface area contributed by atoms with Crippen LogP contribution >= 0.6 is 15.9 Å². The van der Waals surface area contributed by atoms with E-state index in [1.165, 1.54) is 4.90 Å². The van der Waals surface area contributed by atoms with Crippen LogP contribution in [-0.2, 0) is 4.74 Å². The second-order valence-corrected chi connectivity index (χ2v) is 7.80. The van der Waals surface area contributed by atoms with Crippen molar-refractivity contribution in [3.8, 4) is 0 Å². The number of aromatic nitrogens is 2. The number of benzene rings is 1. The zero-order chi connectivity index (χ0) is 17.5. The highest BCUT2D eigenvalue weighted by Crippen LogP contribution is 2.32. The van der Waals surface area contributed by atoms with Crippen molar-refractivity contribution < 1.29 is 13.9 Å². The van der Waals surface area contributed by atoms with Gasteiger partial charge in [0.05, 0.1) is 18.1 Å². The quantitative estimate of drug-likeness (QED) is 0.719. The lowest BCUT2D eigenvalue weighted by Gasteiger charge is -2.35. The smallest absolute Gasteiger partial charge is 0.410 e. The second kappa shape index (κ2) is 6.35. The zero-order valence-electron chi connectivity index (χ0n) is 14.0. The van der Waals surface area contributed by atoms with Crippen LogP contribution in [-0.4, -0.2) is 45.6 Å². The van der Waals surface area contributed by atoms with Gasteiger partial charge in [0.25, 0.3) is 0 Å². The van der Waals surface area contributed by atoms with Gasteiger partial charge in [-0.05, 0) is 49.2 Å². The maximum absolute atomic E-state index is 14.8. The number of nitrogens with zero attached hydrogens (tertiary/aromatic N) is 3. The van der Waals surface area contributed by atoms with Crippen molar-refractivity contribution in [3.63, 3.8) is 0 Å². The van der Waals surface area contributed by atoms with E-state index in [4.69, 9.17) is 4.74 Å². The van der Waals surface area contributed by atoms with Crippen molar-refractivity contribution >= 4 is 32.9 Å². The van der Waals surface area contributed by atoms with Crippen molar-refractivity contribution in [2.75, 3.05) is 13.1 Å². The third-order valence-electron chi connectivity index (χ3n) is 4.04. The Balaban J connectivity index is 1.77. The van der Waals surface area contributed by atoms with E-state index < -0.39 is 17.9 Å². The van der Waals surface area contributed by atoms with Crippen LogP contribution < -0.4 is 0 Å². The molecule has 0 saturated carbocycles. The molecule has 1 saturated heterocycles. The Morgan fingerprint density at radius 1 is 1.38 bits per heavy atom. The topological polar surface area (TPSA) is 47.4 Å². The molecule has 130 valence electrons. The van der Waals surface area contributed by atoms with Crippen LogP contribution in [0, 0.1) is 0 Å². The van der Waals surface area contributed by atoms with Crippen molar-refractivity contribution in [3.05, 3.63) is 28.9 Å². The summed E-state index contributed by atoms with van der Waals surface area (Å²) in [5.41, 5.74) is 0.311. The Morgan fingerprint density at radius 3 is 2.75 bits per heavy atom. The average molecular weight is 398 g/mol. The van der Waals surface area contributed by atoms with Gasteiger partial charge >= 0.3 is 6.09 Å². The summed E-state index contributed by atoms with van der Waals surface area (Å²) in [7, 11) is 0. The maximum atomic E-state index is 14.8. The molecule has 2 unspecified atom stereocenters. The van der Waals surface area contributed by atoms with Gasteiger partial charge in [0.2, 0.25) is 0 Å². The number of ether oxygens (including phenoxy) is 1. The van der Waals surface area contributed by atoms with E-state index in [0.717, 1.165) is 10.9 Å². The van der Waals surface area contributed by atoms with Crippen LogP contribution in [0.15, 0.2) is 28.9 Å². The van der Waals surface area contributed by atoms with Gasteiger partial charge in [0.15, 0.2) is 0 Å². The summed E-state index contributed by atoms with van der Waals surface area (Å²) in [6, 6.07) is 7.33. The molecular weight excluding hydrogens is 377 g/mol. The van der Waals surface area contributed by atoms with Crippen LogP contribution in [0.1, 0.15) is 33.2 Å². The molecule has 0 aliphatic carbocycles. The fourth-order valence-electron chi connectivity index (χ4n) is 2.96. The normalized spacial score (nSPS) is 22.0. The minimum Gasteiger partial charge on any atom is -0.444 e. The molecule has 1 aromatic carbocycles. The molecule has 0 radical (unpaired) electrons. The lowest BCUT2D eigenvalue weighted by molar-refractivity contribution is 0.00611. The molecule has 1 aliphatic heterocycles. The molecule has 0 bridgehead atoms. The first-order valence-electron chi connectivity index (χ1n) is 8.01. The van der Waals surface area contributed by atoms with Crippen LogP contribution in [0.5, 0.6) is 0 Å². The molecule has 1 aliphatic rings. The van der Waals surface area contributed by atoms with E-state index in [1.54, 1.807) is 25.5 Å². The van der Waals surface area contributed by atoms with Crippen LogP contribution in [0.4, 0.5) is 9.18 Å². The summed E-state index contributed by atoms with van der Waals surface area (Å²) < 4.78 is 22.6. The Kier molecular flexibility index (Phi) is 4.55. The van der Waals surface area contributed by atoms with E-state index in [9.17, 15) is 9.18 Å². The molecule has 1 amide bonds. The Bertz CT molecular complexity index is 756. The number of carbonyl (C=O) groups excluding carboxylic acids is 1. The van der Waals surface area contributed by atoms with Gasteiger partial charge in [-0.3, -0.25) is 4.68 Å². The zero-order valence-corrected chi connectivity index (χ0v) is 15.6. The first kappa shape index (κ1) is 17.2. The molecular formula is C17H21BrFN3O2. The van der Waals surface area contributed by atoms with Crippen molar-refractivity contribution in [2.24, 2.45) is 0 Å². The molecule has 1 aromatic heterocycles. The van der Waals surface area contributed by atoms with Crippen molar-refractivity contribution in [1.29, 1.82) is 0 Å². The molecule has 2 atom stereocenters. The first-order valence-corrected chi connectivity index (χ1v) is 8.80. The highest BCUT2D eigenvalue weighted by atomic mass is 79.9. The van der Waals surface area contributed by atoms with Crippen LogP contribution in [0.2, 0.25) is 0 Å². The minimum absolute atomic E-state index is 0.0192. The van der Waals surface area contributed by atoms with Gasteiger partial charge in [-0.2, -0.15) is 5.10 Å². The summed E-state index contributed by atoms with van der Waals surface area (Å²) in [4.78, 5) is 13.6. The monoisotopic (exact) mass is 397 g/mol. The number of halogens is 2. The molecule has 0 spiro atoms. The predicted molar refractivity (Wildman–Crippen MR) is 93.8 cm³/mol. The lowest BCUT2D eigenvalue weighted by Crippen LogP contribution is -2.47. The second-order valence-electron chi connectivity index (χ2n) is 7.05. The molecule has 0 N–H and O–H groups in total. The molecule has 2 aromatic rings. The van der Waals surface area contributed by atoms with Gasteiger partial charge in [0, 0.05) is 11.9 Å². The minimum atomic E-state index is -1.19. The molecule has 2 heterocycles. The Labute approximate surface area is 148 Å². The van der Waals surface area contributed by atoms with Crippen molar-refractivity contribution in [2.45, 2.75) is 45.0 Å². The number of likely N-dealkylation sites (tertiary alicyclic amines) is 1. The number of hydrogen-bond acceptors (Lipinski definition) is 3. The third kappa shape index (κ3) is 3.41. The number of rotatable bonds is 1. The number of alkyl halides is 1. The summed E-state index contributed by atoms with van der Waals surface area (Å²) in [5, 5.41) is 5.41. The summed E-state index contributed by atoms with van der Waals surface area (Å²) in [6.07, 6.45) is -1.16. The van der Waals surface area contributed by atoms with E-state index in [1.807, 2.05) is 24.3 Å². The molecule has 3 rings (SSSR count). The fraction of sp³-hybridized carbons (Fsp3) is 0.529. The van der Waals surface area contributed by atoms with Gasteiger partial charge < -0.3 is 9.64 Å². The summed E-state index contributed by atoms with van der Waals surface area (Å²) >= 11 is 3.43. The Morgan fingerprint density at radius 2 is 2.08 bits per heavy atom. The number of amides is 1. The van der Waals surface area contributed by atoms with E-state index in [2.05, 4.69) is 21.0 Å². The highest BCUT2D eigenvalue weighted by Gasteiger charge is 2.35. The van der Waals surface area contributed by atoms with Crippen LogP contribution in [0.3, 0.4) is 0 Å². The molecule has 5 nitrogen and oxygen atoms in total. The van der Waals surface area contributed by atoms with Gasteiger partial charge in [-0.25, -0.2) is 9.18 Å². The lowest BCUT2D eigenvalue weighted by atomic mass is 10.0. The Hall–Kier alpha value is -1.63. The number of fused-ring (bicyclic) bond motifs is 1. The maximum Gasteiger partial charge on any atom is 0.410 e. The fourth-order valence-corrected chi connectivity index (χ4v) is 3.47. The van der Waals surface area contributed by atoms with Gasteiger partial charge in [-0.15, -0.1) is 0 Å². The summed E-state index contributed by atoms with van der Waals surface area (Å²) in [6.45, 7) is 5.88. The largest absolute Gasteiger partial charge is 0.444 e. The SMILES string of the molecule is CC(C)(C)OC(=O)N1CCC(n2nc(Br)c3ccccc32)C(F)C1. The standard InChI is InChI=1S/C17H21BrFN3O2/c1-17(2,3)24-16(23)21-9-8-14(12(19)10-21)22-13-7-5-4-6-11(13)15(18)20-22/h4-7,12,14H,8-10H2,1-3H3. The average Bonchev–Trinajstić information content (AvgIpc) is 2.83. The number of hydrogen-bond donors (Lipinski definition) is 0. The van der Waals surface area contributed by atoms with Gasteiger partial charge in [-0.1, -0.05) is 18.2 Å². The van der Waals surface area contributed by atoms with Gasteiger partial charge in [0.1, 0.15) is 16.4 Å². The predicted octanol–water partition coefficient (Wildman–Crippen LogP) is 4.32. The van der Waals surface area contributed by atoms with Crippen molar-refractivity contribution in [1.82, 2.24) is 14.7 Å². The first-order chi connectivity index (χ1) is 11.3. The highest BCUT2D eigenvalue weighted by molar-refractivity contribution is 9.10. The number of carbonyl (C=O) groups is 1. The number of piperidine rings is 1. The number of para-hydroxylation sites is 1. The summed E-state index contributed by atoms with van der Waals surface area (Å²) in [5.74, 6) is 0. The van der Waals surface area contributed by atoms with E-state index in [-0.39, 0.29) is 12.6 Å². The van der Waals surface area contributed by atoms with E-state index in [0.29, 0.717) is 17.6 Å². The molecule has 24 heavy (non-hydrogen) atoms. The third-order valence-corrected chi connectivity index (χ3v) is 4.63. The molecule has 1 fully saturated rings. The van der Waals surface area contributed by atoms with E-state index >= 15 is 0 Å².